The molecule has 1 aromatic heterocycles. The van der Waals surface area contributed by atoms with Crippen molar-refractivity contribution in [2.24, 2.45) is 0 Å². The molecule has 1 N–H and O–H groups in total. The minimum absolute atomic E-state index is 0.0850. The van der Waals surface area contributed by atoms with E-state index in [4.69, 9.17) is 4.98 Å². The molecule has 0 unspecified atom stereocenters. The van der Waals surface area contributed by atoms with Crippen molar-refractivity contribution in [2.45, 2.75) is 13.1 Å². The predicted molar refractivity (Wildman–Crippen MR) is 128 cm³/mol. The summed E-state index contributed by atoms with van der Waals surface area (Å²) < 4.78 is 2.23. The van der Waals surface area contributed by atoms with Crippen LogP contribution in [-0.2, 0) is 13.1 Å². The van der Waals surface area contributed by atoms with Gasteiger partial charge >= 0.3 is 0 Å². The molecule has 1 heterocycles. The third-order valence-corrected chi connectivity index (χ3v) is 5.54. The lowest BCUT2D eigenvalue weighted by atomic mass is 10.1. The molecular weight excluding hydrogens is 394 g/mol. The van der Waals surface area contributed by atoms with Crippen LogP contribution >= 0.6 is 0 Å². The van der Waals surface area contributed by atoms with Crippen LogP contribution in [-0.4, -0.2) is 15.5 Å². The SMILES string of the molecule is O=C(NCc1ccccc1)c1ccc(-c2nc3ccccc3n2Cc2ccccc2)cc1. The maximum absolute atomic E-state index is 12.6. The van der Waals surface area contributed by atoms with Gasteiger partial charge in [0.15, 0.2) is 0 Å². The first kappa shape index (κ1) is 19.8. The molecule has 0 aliphatic rings. The first-order chi connectivity index (χ1) is 15.8. The number of hydrogen-bond donors (Lipinski definition) is 1. The monoisotopic (exact) mass is 417 g/mol. The van der Waals surface area contributed by atoms with Gasteiger partial charge in [0.05, 0.1) is 11.0 Å². The number of hydrogen-bond acceptors (Lipinski definition) is 2. The standard InChI is InChI=1S/C28H23N3O/c32-28(29-19-21-9-3-1-4-10-21)24-17-15-23(16-18-24)27-30-25-13-7-8-14-26(25)31(27)20-22-11-5-2-6-12-22/h1-18H,19-20H2,(H,29,32). The summed E-state index contributed by atoms with van der Waals surface area (Å²) in [5.41, 5.74) is 5.97. The summed E-state index contributed by atoms with van der Waals surface area (Å²) in [7, 11) is 0. The van der Waals surface area contributed by atoms with Gasteiger partial charge in [-0.05, 0) is 35.4 Å². The highest BCUT2D eigenvalue weighted by atomic mass is 16.1. The van der Waals surface area contributed by atoms with Crippen LogP contribution in [0.3, 0.4) is 0 Å². The van der Waals surface area contributed by atoms with Crippen LogP contribution in [0.25, 0.3) is 22.4 Å². The highest BCUT2D eigenvalue weighted by Crippen LogP contribution is 2.26. The van der Waals surface area contributed by atoms with Gasteiger partial charge in [0.1, 0.15) is 5.82 Å². The molecule has 156 valence electrons. The van der Waals surface area contributed by atoms with E-state index in [9.17, 15) is 4.79 Å². The lowest BCUT2D eigenvalue weighted by Gasteiger charge is -2.10. The van der Waals surface area contributed by atoms with Gasteiger partial charge in [-0.15, -0.1) is 0 Å². The number of nitrogens with zero attached hydrogens (tertiary/aromatic N) is 2. The van der Waals surface area contributed by atoms with E-state index < -0.39 is 0 Å². The quantitative estimate of drug-likeness (QED) is 0.386. The second kappa shape index (κ2) is 8.90. The van der Waals surface area contributed by atoms with Crippen molar-refractivity contribution >= 4 is 16.9 Å². The minimum Gasteiger partial charge on any atom is -0.348 e. The molecule has 0 fully saturated rings. The van der Waals surface area contributed by atoms with E-state index in [0.717, 1.165) is 34.5 Å². The highest BCUT2D eigenvalue weighted by molar-refractivity contribution is 5.94. The van der Waals surface area contributed by atoms with E-state index in [1.807, 2.05) is 78.9 Å². The zero-order chi connectivity index (χ0) is 21.8. The van der Waals surface area contributed by atoms with Crippen molar-refractivity contribution in [3.63, 3.8) is 0 Å². The van der Waals surface area contributed by atoms with Crippen LogP contribution in [0.5, 0.6) is 0 Å². The van der Waals surface area contributed by atoms with Crippen molar-refractivity contribution in [2.75, 3.05) is 0 Å². The number of benzene rings is 4. The molecule has 4 nitrogen and oxygen atoms in total. The Morgan fingerprint density at radius 1 is 0.719 bits per heavy atom. The van der Waals surface area contributed by atoms with E-state index in [0.29, 0.717) is 12.1 Å². The third-order valence-electron chi connectivity index (χ3n) is 5.54. The number of imidazole rings is 1. The fourth-order valence-corrected chi connectivity index (χ4v) is 3.87. The van der Waals surface area contributed by atoms with Crippen molar-refractivity contribution in [3.05, 3.63) is 126 Å². The Kier molecular flexibility index (Phi) is 5.50. The Morgan fingerprint density at radius 2 is 1.34 bits per heavy atom. The van der Waals surface area contributed by atoms with Gasteiger partial charge in [-0.2, -0.15) is 0 Å². The van der Waals surface area contributed by atoms with Gasteiger partial charge in [-0.25, -0.2) is 4.98 Å². The molecule has 32 heavy (non-hydrogen) atoms. The fraction of sp³-hybridized carbons (Fsp3) is 0.0714. The maximum atomic E-state index is 12.6. The number of carbonyl (C=O) groups is 1. The molecule has 4 aromatic carbocycles. The van der Waals surface area contributed by atoms with E-state index in [-0.39, 0.29) is 5.91 Å². The molecule has 0 aliphatic carbocycles. The average Bonchev–Trinajstić information content (AvgIpc) is 3.22. The average molecular weight is 418 g/mol. The fourth-order valence-electron chi connectivity index (χ4n) is 3.87. The molecule has 1 amide bonds. The summed E-state index contributed by atoms with van der Waals surface area (Å²) in [5.74, 6) is 0.810. The number of rotatable bonds is 6. The first-order valence-electron chi connectivity index (χ1n) is 10.7. The van der Waals surface area contributed by atoms with E-state index in [1.54, 1.807) is 0 Å². The van der Waals surface area contributed by atoms with Crippen molar-refractivity contribution in [1.82, 2.24) is 14.9 Å². The lowest BCUT2D eigenvalue weighted by molar-refractivity contribution is 0.0951. The van der Waals surface area contributed by atoms with E-state index >= 15 is 0 Å². The number of nitrogens with one attached hydrogen (secondary N) is 1. The summed E-state index contributed by atoms with van der Waals surface area (Å²) in [5, 5.41) is 2.98. The van der Waals surface area contributed by atoms with Crippen LogP contribution in [0, 0.1) is 0 Å². The molecule has 0 saturated heterocycles. The molecule has 0 spiro atoms. The number of aromatic nitrogens is 2. The van der Waals surface area contributed by atoms with Crippen molar-refractivity contribution in [1.29, 1.82) is 0 Å². The topological polar surface area (TPSA) is 46.9 Å². The Balaban J connectivity index is 1.41. The number of fused-ring (bicyclic) bond motifs is 1. The summed E-state index contributed by atoms with van der Waals surface area (Å²) in [6, 6.07) is 36.1. The van der Waals surface area contributed by atoms with Gasteiger partial charge in [0, 0.05) is 24.2 Å². The first-order valence-corrected chi connectivity index (χ1v) is 10.7. The number of carbonyl (C=O) groups excluding carboxylic acids is 1. The molecular formula is C28H23N3O. The molecule has 5 aromatic rings. The maximum Gasteiger partial charge on any atom is 0.251 e. The van der Waals surface area contributed by atoms with Crippen LogP contribution in [0.15, 0.2) is 109 Å². The molecule has 4 heteroatoms. The van der Waals surface area contributed by atoms with Crippen molar-refractivity contribution < 1.29 is 4.79 Å². The van der Waals surface area contributed by atoms with Crippen LogP contribution < -0.4 is 5.32 Å². The molecule has 0 atom stereocenters. The third kappa shape index (κ3) is 4.16. The van der Waals surface area contributed by atoms with Crippen LogP contribution in [0.1, 0.15) is 21.5 Å². The largest absolute Gasteiger partial charge is 0.348 e. The van der Waals surface area contributed by atoms with E-state index in [1.165, 1.54) is 5.56 Å². The lowest BCUT2D eigenvalue weighted by Crippen LogP contribution is -2.22. The molecule has 5 rings (SSSR count). The molecule has 0 bridgehead atoms. The zero-order valence-corrected chi connectivity index (χ0v) is 17.6. The summed E-state index contributed by atoms with van der Waals surface area (Å²) >= 11 is 0. The molecule has 0 aliphatic heterocycles. The van der Waals surface area contributed by atoms with Gasteiger partial charge in [-0.3, -0.25) is 4.79 Å². The Morgan fingerprint density at radius 3 is 2.06 bits per heavy atom. The smallest absolute Gasteiger partial charge is 0.251 e. The Hall–Kier alpha value is -4.18. The van der Waals surface area contributed by atoms with Gasteiger partial charge < -0.3 is 9.88 Å². The second-order valence-corrected chi connectivity index (χ2v) is 7.74. The summed E-state index contributed by atoms with van der Waals surface area (Å²) in [6.45, 7) is 1.24. The van der Waals surface area contributed by atoms with Crippen LogP contribution in [0.4, 0.5) is 0 Å². The normalized spacial score (nSPS) is 10.9. The molecule has 0 saturated carbocycles. The minimum atomic E-state index is -0.0850. The zero-order valence-electron chi connectivity index (χ0n) is 17.6. The van der Waals surface area contributed by atoms with E-state index in [2.05, 4.69) is 40.2 Å². The second-order valence-electron chi connectivity index (χ2n) is 7.74. The molecule has 0 radical (unpaired) electrons. The van der Waals surface area contributed by atoms with Crippen LogP contribution in [0.2, 0.25) is 0 Å². The van der Waals surface area contributed by atoms with Gasteiger partial charge in [-0.1, -0.05) is 84.9 Å². The van der Waals surface area contributed by atoms with Crippen molar-refractivity contribution in [3.8, 4) is 11.4 Å². The van der Waals surface area contributed by atoms with Gasteiger partial charge in [0.2, 0.25) is 0 Å². The number of para-hydroxylation sites is 2. The Bertz CT molecular complexity index is 1340. The number of amides is 1. The Labute approximate surface area is 187 Å². The van der Waals surface area contributed by atoms with Gasteiger partial charge in [0.25, 0.3) is 5.91 Å². The summed E-state index contributed by atoms with van der Waals surface area (Å²) in [6.07, 6.45) is 0. The predicted octanol–water partition coefficient (Wildman–Crippen LogP) is 5.68. The highest BCUT2D eigenvalue weighted by Gasteiger charge is 2.14. The summed E-state index contributed by atoms with van der Waals surface area (Å²) in [4.78, 5) is 17.5.